The largest absolute Gasteiger partial charge is 0.349 e. The first-order valence-electron chi connectivity index (χ1n) is 8.10. The lowest BCUT2D eigenvalue weighted by Crippen LogP contribution is -2.37. The van der Waals surface area contributed by atoms with Gasteiger partial charge in [-0.15, -0.1) is 0 Å². The molecule has 1 aliphatic rings. The molecule has 1 aromatic rings. The van der Waals surface area contributed by atoms with Crippen molar-refractivity contribution in [3.63, 3.8) is 0 Å². The molecular formula is C18H28N2O. The zero-order valence-electron chi connectivity index (χ0n) is 13.6. The van der Waals surface area contributed by atoms with Crippen LogP contribution in [0, 0.1) is 11.8 Å². The van der Waals surface area contributed by atoms with Crippen LogP contribution >= 0.6 is 0 Å². The van der Waals surface area contributed by atoms with E-state index in [-0.39, 0.29) is 23.9 Å². The van der Waals surface area contributed by atoms with Crippen LogP contribution in [0.3, 0.4) is 0 Å². The van der Waals surface area contributed by atoms with Gasteiger partial charge in [0, 0.05) is 6.04 Å². The number of hydrogen-bond donors (Lipinski definition) is 2. The monoisotopic (exact) mass is 288 g/mol. The van der Waals surface area contributed by atoms with E-state index >= 15 is 0 Å². The van der Waals surface area contributed by atoms with Crippen molar-refractivity contribution in [1.29, 1.82) is 0 Å². The Bertz CT molecular complexity index is 467. The molecule has 0 aromatic heterocycles. The van der Waals surface area contributed by atoms with Crippen molar-refractivity contribution in [2.45, 2.75) is 52.6 Å². The molecule has 2 rings (SSSR count). The van der Waals surface area contributed by atoms with Gasteiger partial charge in [-0.2, -0.15) is 0 Å². The average Bonchev–Trinajstić information content (AvgIpc) is 2.85. The van der Waals surface area contributed by atoms with E-state index in [4.69, 9.17) is 0 Å². The Morgan fingerprint density at radius 1 is 1.29 bits per heavy atom. The SMILES string of the molecule is CC(C)Cc1ccc(C(C)NC(=O)C2CCNC2C)cc1. The minimum Gasteiger partial charge on any atom is -0.349 e. The zero-order valence-corrected chi connectivity index (χ0v) is 13.6. The maximum Gasteiger partial charge on any atom is 0.225 e. The van der Waals surface area contributed by atoms with Crippen LogP contribution < -0.4 is 10.6 Å². The molecule has 0 aliphatic carbocycles. The number of nitrogens with one attached hydrogen (secondary N) is 2. The topological polar surface area (TPSA) is 41.1 Å². The molecule has 3 nitrogen and oxygen atoms in total. The lowest BCUT2D eigenvalue weighted by Gasteiger charge is -2.20. The Kier molecular flexibility index (Phi) is 5.40. The fraction of sp³-hybridized carbons (Fsp3) is 0.611. The molecule has 0 saturated carbocycles. The zero-order chi connectivity index (χ0) is 15.4. The second-order valence-electron chi connectivity index (χ2n) is 6.71. The Balaban J connectivity index is 1.93. The number of amides is 1. The molecule has 1 aromatic carbocycles. The molecule has 1 amide bonds. The molecule has 3 atom stereocenters. The highest BCUT2D eigenvalue weighted by atomic mass is 16.2. The first kappa shape index (κ1) is 16.0. The van der Waals surface area contributed by atoms with Crippen molar-refractivity contribution in [3.05, 3.63) is 35.4 Å². The third kappa shape index (κ3) is 4.31. The maximum atomic E-state index is 12.3. The minimum absolute atomic E-state index is 0.0680. The van der Waals surface area contributed by atoms with E-state index in [0.29, 0.717) is 5.92 Å². The van der Waals surface area contributed by atoms with Crippen molar-refractivity contribution in [1.82, 2.24) is 10.6 Å². The van der Waals surface area contributed by atoms with Gasteiger partial charge < -0.3 is 10.6 Å². The lowest BCUT2D eigenvalue weighted by atomic mass is 9.98. The number of hydrogen-bond acceptors (Lipinski definition) is 2. The third-order valence-corrected chi connectivity index (χ3v) is 4.34. The van der Waals surface area contributed by atoms with Gasteiger partial charge in [0.05, 0.1) is 12.0 Å². The fourth-order valence-corrected chi connectivity index (χ4v) is 3.03. The third-order valence-electron chi connectivity index (χ3n) is 4.34. The first-order chi connectivity index (χ1) is 9.97. The Morgan fingerprint density at radius 3 is 2.48 bits per heavy atom. The van der Waals surface area contributed by atoms with Gasteiger partial charge in [0.25, 0.3) is 0 Å². The van der Waals surface area contributed by atoms with Gasteiger partial charge in [-0.05, 0) is 50.3 Å². The molecular weight excluding hydrogens is 260 g/mol. The Morgan fingerprint density at radius 2 is 1.95 bits per heavy atom. The molecule has 3 heteroatoms. The van der Waals surface area contributed by atoms with Gasteiger partial charge in [-0.25, -0.2) is 0 Å². The molecule has 2 N–H and O–H groups in total. The van der Waals surface area contributed by atoms with E-state index < -0.39 is 0 Å². The number of carbonyl (C=O) groups excluding carboxylic acids is 1. The molecule has 0 spiro atoms. The van der Waals surface area contributed by atoms with Crippen molar-refractivity contribution in [3.8, 4) is 0 Å². The highest BCUT2D eigenvalue weighted by Crippen LogP contribution is 2.19. The van der Waals surface area contributed by atoms with E-state index in [1.54, 1.807) is 0 Å². The van der Waals surface area contributed by atoms with Crippen molar-refractivity contribution in [2.24, 2.45) is 11.8 Å². The van der Waals surface area contributed by atoms with Crippen LogP contribution in [0.4, 0.5) is 0 Å². The molecule has 3 unspecified atom stereocenters. The fourth-order valence-electron chi connectivity index (χ4n) is 3.03. The summed E-state index contributed by atoms with van der Waals surface area (Å²) < 4.78 is 0. The molecule has 1 fully saturated rings. The van der Waals surface area contributed by atoms with E-state index in [1.165, 1.54) is 11.1 Å². The molecule has 0 radical (unpaired) electrons. The van der Waals surface area contributed by atoms with Crippen molar-refractivity contribution < 1.29 is 4.79 Å². The average molecular weight is 288 g/mol. The highest BCUT2D eigenvalue weighted by Gasteiger charge is 2.29. The quantitative estimate of drug-likeness (QED) is 0.874. The van der Waals surface area contributed by atoms with E-state index in [0.717, 1.165) is 19.4 Å². The standard InChI is InChI=1S/C18H28N2O/c1-12(2)11-15-5-7-16(8-6-15)13(3)20-18(21)17-9-10-19-14(17)4/h5-8,12-14,17,19H,9-11H2,1-4H3,(H,20,21). The van der Waals surface area contributed by atoms with Gasteiger partial charge >= 0.3 is 0 Å². The second-order valence-corrected chi connectivity index (χ2v) is 6.71. The van der Waals surface area contributed by atoms with E-state index in [2.05, 4.69) is 62.6 Å². The Hall–Kier alpha value is -1.35. The summed E-state index contributed by atoms with van der Waals surface area (Å²) in [4.78, 5) is 12.3. The van der Waals surface area contributed by atoms with Crippen molar-refractivity contribution >= 4 is 5.91 Å². The summed E-state index contributed by atoms with van der Waals surface area (Å²) >= 11 is 0. The van der Waals surface area contributed by atoms with Crippen molar-refractivity contribution in [2.75, 3.05) is 6.54 Å². The number of benzene rings is 1. The van der Waals surface area contributed by atoms with E-state index in [9.17, 15) is 4.79 Å². The van der Waals surface area contributed by atoms with Gasteiger partial charge in [0.1, 0.15) is 0 Å². The Labute approximate surface area is 128 Å². The normalized spacial score (nSPS) is 23.3. The first-order valence-corrected chi connectivity index (χ1v) is 8.10. The maximum absolute atomic E-state index is 12.3. The predicted octanol–water partition coefficient (Wildman–Crippen LogP) is 3.06. The molecule has 116 valence electrons. The molecule has 21 heavy (non-hydrogen) atoms. The van der Waals surface area contributed by atoms with Gasteiger partial charge in [0.15, 0.2) is 0 Å². The second kappa shape index (κ2) is 7.08. The summed E-state index contributed by atoms with van der Waals surface area (Å²) in [6.45, 7) is 9.55. The number of rotatable bonds is 5. The summed E-state index contributed by atoms with van der Waals surface area (Å²) in [6.07, 6.45) is 2.04. The highest BCUT2D eigenvalue weighted by molar-refractivity contribution is 5.80. The molecule has 1 aliphatic heterocycles. The van der Waals surface area contributed by atoms with Crippen LogP contribution in [0.1, 0.15) is 51.3 Å². The van der Waals surface area contributed by atoms with Crippen LogP contribution in [0.2, 0.25) is 0 Å². The predicted molar refractivity (Wildman–Crippen MR) is 87.1 cm³/mol. The minimum atomic E-state index is 0.0680. The lowest BCUT2D eigenvalue weighted by molar-refractivity contribution is -0.125. The summed E-state index contributed by atoms with van der Waals surface area (Å²) in [5.74, 6) is 0.947. The molecule has 1 saturated heterocycles. The summed E-state index contributed by atoms with van der Waals surface area (Å²) in [6, 6.07) is 8.98. The van der Waals surface area contributed by atoms with Gasteiger partial charge in [0.2, 0.25) is 5.91 Å². The summed E-state index contributed by atoms with van der Waals surface area (Å²) in [5, 5.41) is 6.48. The van der Waals surface area contributed by atoms with Crippen LogP contribution in [0.5, 0.6) is 0 Å². The summed E-state index contributed by atoms with van der Waals surface area (Å²) in [5.41, 5.74) is 2.54. The van der Waals surface area contributed by atoms with Gasteiger partial charge in [-0.1, -0.05) is 38.1 Å². The van der Waals surface area contributed by atoms with Crippen LogP contribution in [-0.2, 0) is 11.2 Å². The number of carbonyl (C=O) groups is 1. The van der Waals surface area contributed by atoms with E-state index in [1.807, 2.05) is 0 Å². The smallest absolute Gasteiger partial charge is 0.225 e. The molecule has 0 bridgehead atoms. The van der Waals surface area contributed by atoms with Crippen LogP contribution in [0.25, 0.3) is 0 Å². The van der Waals surface area contributed by atoms with Crippen LogP contribution in [-0.4, -0.2) is 18.5 Å². The van der Waals surface area contributed by atoms with Crippen LogP contribution in [0.15, 0.2) is 24.3 Å². The summed E-state index contributed by atoms with van der Waals surface area (Å²) in [7, 11) is 0. The molecule has 1 heterocycles. The van der Waals surface area contributed by atoms with Gasteiger partial charge in [-0.3, -0.25) is 4.79 Å².